The number of ether oxygens (including phenoxy) is 1. The number of rotatable bonds is 7. The van der Waals surface area contributed by atoms with Crippen LogP contribution in [-0.4, -0.2) is 39.9 Å². The zero-order chi connectivity index (χ0) is 20.1. The quantitative estimate of drug-likeness (QED) is 0.607. The molecule has 3 rings (SSSR count). The Morgan fingerprint density at radius 2 is 2.04 bits per heavy atom. The Morgan fingerprint density at radius 1 is 1.29 bits per heavy atom. The van der Waals surface area contributed by atoms with E-state index in [1.807, 2.05) is 0 Å². The van der Waals surface area contributed by atoms with Crippen LogP contribution in [0.4, 0.5) is 0 Å². The molecule has 0 radical (unpaired) electrons. The van der Waals surface area contributed by atoms with Crippen LogP contribution in [0.5, 0.6) is 0 Å². The molecule has 0 aliphatic carbocycles. The molecule has 0 fully saturated rings. The largest absolute Gasteiger partial charge is 0.467 e. The number of aromatic nitrogens is 2. The maximum Gasteiger partial charge on any atom is 0.341 e. The monoisotopic (exact) mass is 383 g/mol. The van der Waals surface area contributed by atoms with E-state index in [0.29, 0.717) is 34.9 Å². The molecule has 28 heavy (non-hydrogen) atoms. The molecule has 1 amide bonds. The summed E-state index contributed by atoms with van der Waals surface area (Å²) in [5.74, 6) is -0.346. The third kappa shape index (κ3) is 4.12. The minimum Gasteiger partial charge on any atom is -0.467 e. The summed E-state index contributed by atoms with van der Waals surface area (Å²) >= 11 is 0. The Labute approximate surface area is 161 Å². The van der Waals surface area contributed by atoms with E-state index in [2.05, 4.69) is 10.4 Å². The first kappa shape index (κ1) is 19.4. The summed E-state index contributed by atoms with van der Waals surface area (Å²) in [6, 6.07) is 10.1. The molecule has 8 heteroatoms. The van der Waals surface area contributed by atoms with Crippen molar-refractivity contribution in [2.45, 2.75) is 20.0 Å². The smallest absolute Gasteiger partial charge is 0.341 e. The highest BCUT2D eigenvalue weighted by Gasteiger charge is 2.17. The van der Waals surface area contributed by atoms with Crippen molar-refractivity contribution in [3.63, 3.8) is 0 Å². The number of nitrogens with one attached hydrogen (secondary N) is 1. The summed E-state index contributed by atoms with van der Waals surface area (Å²) in [5.41, 5.74) is 2.19. The Hall–Kier alpha value is -3.39. The molecule has 0 spiro atoms. The molecule has 2 heterocycles. The summed E-state index contributed by atoms with van der Waals surface area (Å²) < 4.78 is 11.7. The van der Waals surface area contributed by atoms with Gasteiger partial charge in [-0.05, 0) is 50.2 Å². The maximum atomic E-state index is 12.3. The first-order valence-corrected chi connectivity index (χ1v) is 8.83. The molecule has 0 aliphatic rings. The first-order valence-electron chi connectivity index (χ1n) is 8.83. The topological polar surface area (TPSA) is 107 Å². The molecule has 1 atom stereocenters. The number of carbonyl (C=O) groups excluding carboxylic acids is 2. The summed E-state index contributed by atoms with van der Waals surface area (Å²) in [7, 11) is 0. The van der Waals surface area contributed by atoms with Crippen LogP contribution in [0.1, 0.15) is 45.2 Å². The van der Waals surface area contributed by atoms with Crippen molar-refractivity contribution in [3.8, 4) is 5.69 Å². The second-order valence-electron chi connectivity index (χ2n) is 6.06. The van der Waals surface area contributed by atoms with Gasteiger partial charge in [0.1, 0.15) is 17.4 Å². The summed E-state index contributed by atoms with van der Waals surface area (Å²) in [5, 5.41) is 16.8. The van der Waals surface area contributed by atoms with Crippen LogP contribution in [0.2, 0.25) is 0 Å². The molecule has 2 N–H and O–H groups in total. The van der Waals surface area contributed by atoms with Crippen LogP contribution in [0.25, 0.3) is 5.69 Å². The number of aliphatic hydroxyl groups excluding tert-OH is 1. The Morgan fingerprint density at radius 3 is 2.68 bits per heavy atom. The van der Waals surface area contributed by atoms with Gasteiger partial charge in [-0.2, -0.15) is 5.10 Å². The number of carbonyl (C=O) groups is 2. The summed E-state index contributed by atoms with van der Waals surface area (Å²) in [4.78, 5) is 24.2. The third-order valence-corrected chi connectivity index (χ3v) is 4.21. The average molecular weight is 383 g/mol. The number of esters is 1. The molecule has 2 aromatic heterocycles. The Bertz CT molecular complexity index is 945. The van der Waals surface area contributed by atoms with Crippen molar-refractivity contribution in [1.82, 2.24) is 15.1 Å². The SMILES string of the molecule is CCOC(=O)c1cnn(-c2ccc(C(=O)NCC(O)c3ccco3)cc2)c1C. The molecule has 1 aromatic carbocycles. The molecule has 146 valence electrons. The van der Waals surface area contributed by atoms with Gasteiger partial charge < -0.3 is 19.6 Å². The van der Waals surface area contributed by atoms with Crippen LogP contribution in [0.3, 0.4) is 0 Å². The number of hydrogen-bond acceptors (Lipinski definition) is 6. The van der Waals surface area contributed by atoms with E-state index in [-0.39, 0.29) is 12.5 Å². The van der Waals surface area contributed by atoms with E-state index in [0.717, 1.165) is 0 Å². The van der Waals surface area contributed by atoms with E-state index in [1.165, 1.54) is 12.5 Å². The molecular formula is C20H21N3O5. The minimum absolute atomic E-state index is 0.0370. The number of hydrogen-bond donors (Lipinski definition) is 2. The lowest BCUT2D eigenvalue weighted by atomic mass is 10.2. The van der Waals surface area contributed by atoms with Gasteiger partial charge in [-0.25, -0.2) is 9.48 Å². The Kier molecular flexibility index (Phi) is 5.90. The second-order valence-corrected chi connectivity index (χ2v) is 6.06. The fraction of sp³-hybridized carbons (Fsp3) is 0.250. The first-order chi connectivity index (χ1) is 13.5. The van der Waals surface area contributed by atoms with Crippen LogP contribution in [0.15, 0.2) is 53.3 Å². The highest BCUT2D eigenvalue weighted by molar-refractivity contribution is 5.94. The van der Waals surface area contributed by atoms with Crippen LogP contribution < -0.4 is 5.32 Å². The molecule has 0 bridgehead atoms. The van der Waals surface area contributed by atoms with Gasteiger partial charge in [0.15, 0.2) is 0 Å². The fourth-order valence-electron chi connectivity index (χ4n) is 2.71. The average Bonchev–Trinajstić information content (AvgIpc) is 3.36. The van der Waals surface area contributed by atoms with E-state index in [4.69, 9.17) is 9.15 Å². The number of amides is 1. The molecule has 8 nitrogen and oxygen atoms in total. The van der Waals surface area contributed by atoms with Crippen molar-refractivity contribution in [2.24, 2.45) is 0 Å². The molecule has 1 unspecified atom stereocenters. The molecule has 0 saturated heterocycles. The van der Waals surface area contributed by atoms with E-state index in [1.54, 1.807) is 54.9 Å². The lowest BCUT2D eigenvalue weighted by Crippen LogP contribution is -2.28. The van der Waals surface area contributed by atoms with Gasteiger partial charge >= 0.3 is 5.97 Å². The van der Waals surface area contributed by atoms with Crippen LogP contribution in [0, 0.1) is 6.92 Å². The van der Waals surface area contributed by atoms with Crippen LogP contribution >= 0.6 is 0 Å². The predicted octanol–water partition coefficient (Wildman–Crippen LogP) is 2.41. The van der Waals surface area contributed by atoms with E-state index < -0.39 is 12.1 Å². The summed E-state index contributed by atoms with van der Waals surface area (Å²) in [6.07, 6.45) is 2.01. The fourth-order valence-corrected chi connectivity index (χ4v) is 2.71. The summed E-state index contributed by atoms with van der Waals surface area (Å²) in [6.45, 7) is 3.85. The number of nitrogens with zero attached hydrogens (tertiary/aromatic N) is 2. The lowest BCUT2D eigenvalue weighted by Gasteiger charge is -2.10. The van der Waals surface area contributed by atoms with Gasteiger partial charge in [0.25, 0.3) is 5.91 Å². The van der Waals surface area contributed by atoms with Crippen molar-refractivity contribution in [2.75, 3.05) is 13.2 Å². The van der Waals surface area contributed by atoms with Gasteiger partial charge in [-0.3, -0.25) is 4.79 Å². The van der Waals surface area contributed by atoms with Gasteiger partial charge in [0.2, 0.25) is 0 Å². The number of benzene rings is 1. The van der Waals surface area contributed by atoms with Gasteiger partial charge in [-0.1, -0.05) is 0 Å². The highest BCUT2D eigenvalue weighted by Crippen LogP contribution is 2.16. The van der Waals surface area contributed by atoms with Crippen molar-refractivity contribution >= 4 is 11.9 Å². The standard InChI is InChI=1S/C20H21N3O5/c1-3-27-20(26)16-11-22-23(13(16)2)15-8-6-14(7-9-15)19(25)21-12-17(24)18-5-4-10-28-18/h4-11,17,24H,3,12H2,1-2H3,(H,21,25). The third-order valence-electron chi connectivity index (χ3n) is 4.21. The minimum atomic E-state index is -0.911. The zero-order valence-corrected chi connectivity index (χ0v) is 15.6. The van der Waals surface area contributed by atoms with Gasteiger partial charge in [0.05, 0.1) is 37.0 Å². The molecular weight excluding hydrogens is 362 g/mol. The number of furan rings is 1. The lowest BCUT2D eigenvalue weighted by molar-refractivity contribution is 0.0525. The molecule has 3 aromatic rings. The second kappa shape index (κ2) is 8.53. The Balaban J connectivity index is 1.66. The van der Waals surface area contributed by atoms with Gasteiger partial charge in [0, 0.05) is 5.56 Å². The predicted molar refractivity (Wildman–Crippen MR) is 100 cm³/mol. The van der Waals surface area contributed by atoms with E-state index >= 15 is 0 Å². The van der Waals surface area contributed by atoms with Crippen molar-refractivity contribution in [3.05, 3.63) is 71.4 Å². The highest BCUT2D eigenvalue weighted by atomic mass is 16.5. The zero-order valence-electron chi connectivity index (χ0n) is 15.6. The van der Waals surface area contributed by atoms with Crippen molar-refractivity contribution in [1.29, 1.82) is 0 Å². The molecule has 0 saturated carbocycles. The normalized spacial score (nSPS) is 11.8. The van der Waals surface area contributed by atoms with E-state index in [9.17, 15) is 14.7 Å². The van der Waals surface area contributed by atoms with Gasteiger partial charge in [-0.15, -0.1) is 0 Å². The van der Waals surface area contributed by atoms with Crippen molar-refractivity contribution < 1.29 is 23.8 Å². The molecule has 0 aliphatic heterocycles. The maximum absolute atomic E-state index is 12.3. The number of aliphatic hydroxyl groups is 1. The van der Waals surface area contributed by atoms with Crippen LogP contribution in [-0.2, 0) is 4.74 Å².